The van der Waals surface area contributed by atoms with Crippen molar-refractivity contribution in [2.45, 2.75) is 26.3 Å². The van der Waals surface area contributed by atoms with Crippen molar-refractivity contribution in [3.8, 4) is 0 Å². The van der Waals surface area contributed by atoms with Crippen LogP contribution in [0.2, 0.25) is 0 Å². The minimum atomic E-state index is -0.647. The second kappa shape index (κ2) is 7.04. The molecule has 2 aromatic rings. The van der Waals surface area contributed by atoms with Gasteiger partial charge in [-0.05, 0) is 46.0 Å². The van der Waals surface area contributed by atoms with Gasteiger partial charge in [0.1, 0.15) is 0 Å². The maximum absolute atomic E-state index is 11.8. The molecule has 0 atom stereocenters. The first-order chi connectivity index (χ1) is 10.1. The van der Waals surface area contributed by atoms with E-state index in [0.717, 1.165) is 11.1 Å². The molecule has 0 bridgehead atoms. The van der Waals surface area contributed by atoms with Gasteiger partial charge in [0.05, 0.1) is 0 Å². The van der Waals surface area contributed by atoms with Crippen molar-refractivity contribution in [1.29, 1.82) is 0 Å². The lowest BCUT2D eigenvalue weighted by molar-refractivity contribution is -0.136. The molecule has 2 rings (SSSR count). The van der Waals surface area contributed by atoms with Crippen molar-refractivity contribution < 1.29 is 9.59 Å². The van der Waals surface area contributed by atoms with Crippen LogP contribution in [0.1, 0.15) is 30.9 Å². The van der Waals surface area contributed by atoms with Gasteiger partial charge in [-0.3, -0.25) is 9.59 Å². The number of nitrogens with one attached hydrogen (secondary N) is 2. The lowest BCUT2D eigenvalue weighted by atomic mass is 10.0. The molecular formula is C16H18N2O2S. The van der Waals surface area contributed by atoms with Gasteiger partial charge in [0.25, 0.3) is 0 Å². The molecule has 0 aliphatic heterocycles. The van der Waals surface area contributed by atoms with Gasteiger partial charge < -0.3 is 10.6 Å². The Labute approximate surface area is 128 Å². The summed E-state index contributed by atoms with van der Waals surface area (Å²) < 4.78 is 0. The standard InChI is InChI=1S/C16H18N2O2S/c1-11(2)13-4-3-5-14(8-13)18-16(20)15(19)17-9-12-6-7-21-10-12/h3-8,10-11H,9H2,1-2H3,(H,17,19)(H,18,20). The lowest BCUT2D eigenvalue weighted by Crippen LogP contribution is -2.34. The minimum absolute atomic E-state index is 0.363. The van der Waals surface area contributed by atoms with E-state index in [1.54, 1.807) is 17.4 Å². The Bertz CT molecular complexity index is 621. The van der Waals surface area contributed by atoms with E-state index in [-0.39, 0.29) is 0 Å². The van der Waals surface area contributed by atoms with Crippen molar-refractivity contribution in [2.75, 3.05) is 5.32 Å². The number of hydrogen-bond donors (Lipinski definition) is 2. The highest BCUT2D eigenvalue weighted by atomic mass is 32.1. The molecule has 2 amide bonds. The van der Waals surface area contributed by atoms with Crippen molar-refractivity contribution in [2.24, 2.45) is 0 Å². The molecule has 0 saturated heterocycles. The first-order valence-electron chi connectivity index (χ1n) is 6.76. The smallest absolute Gasteiger partial charge is 0.313 e. The van der Waals surface area contributed by atoms with E-state index in [1.807, 2.05) is 35.0 Å². The first kappa shape index (κ1) is 15.3. The number of hydrogen-bond acceptors (Lipinski definition) is 3. The third kappa shape index (κ3) is 4.43. The number of amides is 2. The zero-order chi connectivity index (χ0) is 15.2. The third-order valence-electron chi connectivity index (χ3n) is 3.05. The second-order valence-corrected chi connectivity index (χ2v) is 5.83. The molecule has 0 unspecified atom stereocenters. The fourth-order valence-corrected chi connectivity index (χ4v) is 2.49. The normalized spacial score (nSPS) is 10.4. The summed E-state index contributed by atoms with van der Waals surface area (Å²) in [6.07, 6.45) is 0. The summed E-state index contributed by atoms with van der Waals surface area (Å²) in [6.45, 7) is 4.52. The topological polar surface area (TPSA) is 58.2 Å². The molecule has 1 aromatic heterocycles. The molecule has 0 aliphatic carbocycles. The molecule has 5 heteroatoms. The molecule has 110 valence electrons. The van der Waals surface area contributed by atoms with E-state index >= 15 is 0 Å². The molecule has 0 saturated carbocycles. The van der Waals surface area contributed by atoms with Crippen molar-refractivity contribution in [3.63, 3.8) is 0 Å². The van der Waals surface area contributed by atoms with Crippen LogP contribution in [-0.2, 0) is 16.1 Å². The van der Waals surface area contributed by atoms with E-state index in [2.05, 4.69) is 24.5 Å². The van der Waals surface area contributed by atoms with Gasteiger partial charge in [-0.15, -0.1) is 0 Å². The van der Waals surface area contributed by atoms with E-state index in [9.17, 15) is 9.59 Å². The second-order valence-electron chi connectivity index (χ2n) is 5.05. The lowest BCUT2D eigenvalue weighted by Gasteiger charge is -2.09. The van der Waals surface area contributed by atoms with Crippen LogP contribution in [0.4, 0.5) is 5.69 Å². The molecule has 2 N–H and O–H groups in total. The number of rotatable bonds is 4. The third-order valence-corrected chi connectivity index (χ3v) is 3.78. The molecule has 0 spiro atoms. The van der Waals surface area contributed by atoms with Gasteiger partial charge in [-0.2, -0.15) is 11.3 Å². The van der Waals surface area contributed by atoms with Crippen LogP contribution in [0, 0.1) is 0 Å². The Hall–Kier alpha value is -2.14. The Kier molecular flexibility index (Phi) is 5.11. The Morgan fingerprint density at radius 2 is 2.00 bits per heavy atom. The van der Waals surface area contributed by atoms with Crippen molar-refractivity contribution in [3.05, 3.63) is 52.2 Å². The number of benzene rings is 1. The van der Waals surface area contributed by atoms with Crippen molar-refractivity contribution >= 4 is 28.8 Å². The van der Waals surface area contributed by atoms with Gasteiger partial charge in [0.2, 0.25) is 0 Å². The van der Waals surface area contributed by atoms with Crippen LogP contribution in [0.15, 0.2) is 41.1 Å². The van der Waals surface area contributed by atoms with Crippen LogP contribution in [0.3, 0.4) is 0 Å². The maximum atomic E-state index is 11.8. The highest BCUT2D eigenvalue weighted by molar-refractivity contribution is 7.07. The van der Waals surface area contributed by atoms with Crippen LogP contribution in [-0.4, -0.2) is 11.8 Å². The van der Waals surface area contributed by atoms with Crippen LogP contribution in [0.5, 0.6) is 0 Å². The molecule has 0 radical (unpaired) electrons. The summed E-state index contributed by atoms with van der Waals surface area (Å²) in [5.41, 5.74) is 2.74. The Morgan fingerprint density at radius 3 is 2.67 bits per heavy atom. The van der Waals surface area contributed by atoms with E-state index in [4.69, 9.17) is 0 Å². The fraction of sp³-hybridized carbons (Fsp3) is 0.250. The highest BCUT2D eigenvalue weighted by Gasteiger charge is 2.13. The van der Waals surface area contributed by atoms with Gasteiger partial charge in [0.15, 0.2) is 0 Å². The number of carbonyl (C=O) groups excluding carboxylic acids is 2. The Balaban J connectivity index is 1.91. The summed E-state index contributed by atoms with van der Waals surface area (Å²) in [5, 5.41) is 9.08. The maximum Gasteiger partial charge on any atom is 0.313 e. The van der Waals surface area contributed by atoms with Crippen LogP contribution < -0.4 is 10.6 Å². The quantitative estimate of drug-likeness (QED) is 0.853. The summed E-state index contributed by atoms with van der Waals surface area (Å²) in [7, 11) is 0. The highest BCUT2D eigenvalue weighted by Crippen LogP contribution is 2.18. The van der Waals surface area contributed by atoms with E-state index < -0.39 is 11.8 Å². The molecule has 0 aliphatic rings. The van der Waals surface area contributed by atoms with Crippen molar-refractivity contribution in [1.82, 2.24) is 5.32 Å². The van der Waals surface area contributed by atoms with Gasteiger partial charge in [-0.25, -0.2) is 0 Å². The molecule has 0 fully saturated rings. The molecule has 1 heterocycles. The number of thiophene rings is 1. The van der Waals surface area contributed by atoms with Gasteiger partial charge in [-0.1, -0.05) is 26.0 Å². The molecule has 4 nitrogen and oxygen atoms in total. The largest absolute Gasteiger partial charge is 0.344 e. The van der Waals surface area contributed by atoms with E-state index in [0.29, 0.717) is 18.2 Å². The summed E-state index contributed by atoms with van der Waals surface area (Å²) in [4.78, 5) is 23.6. The number of carbonyl (C=O) groups is 2. The monoisotopic (exact) mass is 302 g/mol. The number of anilines is 1. The molecular weight excluding hydrogens is 284 g/mol. The minimum Gasteiger partial charge on any atom is -0.344 e. The van der Waals surface area contributed by atoms with Crippen LogP contribution >= 0.6 is 11.3 Å². The average molecular weight is 302 g/mol. The SMILES string of the molecule is CC(C)c1cccc(NC(=O)C(=O)NCc2ccsc2)c1. The molecule has 1 aromatic carbocycles. The molecule has 21 heavy (non-hydrogen) atoms. The predicted octanol–water partition coefficient (Wildman–Crippen LogP) is 3.13. The van der Waals surface area contributed by atoms with E-state index in [1.165, 1.54) is 0 Å². The van der Waals surface area contributed by atoms with Gasteiger partial charge >= 0.3 is 11.8 Å². The fourth-order valence-electron chi connectivity index (χ4n) is 1.82. The van der Waals surface area contributed by atoms with Crippen LogP contribution in [0.25, 0.3) is 0 Å². The first-order valence-corrected chi connectivity index (χ1v) is 7.70. The predicted molar refractivity (Wildman–Crippen MR) is 85.3 cm³/mol. The zero-order valence-electron chi connectivity index (χ0n) is 12.1. The summed E-state index contributed by atoms with van der Waals surface area (Å²) in [6, 6.07) is 9.44. The Morgan fingerprint density at radius 1 is 1.19 bits per heavy atom. The zero-order valence-corrected chi connectivity index (χ0v) is 12.9. The average Bonchev–Trinajstić information content (AvgIpc) is 2.98. The summed E-state index contributed by atoms with van der Waals surface area (Å²) in [5.74, 6) is -0.906. The van der Waals surface area contributed by atoms with Gasteiger partial charge in [0, 0.05) is 12.2 Å². The summed E-state index contributed by atoms with van der Waals surface area (Å²) >= 11 is 1.55.